The first-order chi connectivity index (χ1) is 7.72. The van der Waals surface area contributed by atoms with Crippen LogP contribution >= 0.6 is 0 Å². The molecule has 16 heavy (non-hydrogen) atoms. The SMILES string of the molecule is C/C(N)=C(/C#N)c1ccc2ccccc2n1. The third kappa shape index (κ3) is 1.73. The summed E-state index contributed by atoms with van der Waals surface area (Å²) < 4.78 is 0. The minimum atomic E-state index is 0.436. The molecule has 0 radical (unpaired) electrons. The Bertz CT molecular complexity index is 602. The van der Waals surface area contributed by atoms with E-state index in [1.54, 1.807) is 6.92 Å². The van der Waals surface area contributed by atoms with Gasteiger partial charge in [0.05, 0.1) is 16.8 Å². The summed E-state index contributed by atoms with van der Waals surface area (Å²) in [6.45, 7) is 1.70. The largest absolute Gasteiger partial charge is 0.401 e. The Morgan fingerprint density at radius 2 is 2.00 bits per heavy atom. The van der Waals surface area contributed by atoms with E-state index in [-0.39, 0.29) is 0 Å². The molecule has 0 saturated carbocycles. The number of nitriles is 1. The van der Waals surface area contributed by atoms with E-state index in [1.165, 1.54) is 0 Å². The molecular weight excluding hydrogens is 198 g/mol. The summed E-state index contributed by atoms with van der Waals surface area (Å²) in [5, 5.41) is 10.0. The molecule has 1 heterocycles. The van der Waals surface area contributed by atoms with Crippen LogP contribution in [-0.2, 0) is 0 Å². The van der Waals surface area contributed by atoms with Gasteiger partial charge in [0, 0.05) is 11.1 Å². The van der Waals surface area contributed by atoms with Crippen LogP contribution in [0.5, 0.6) is 0 Å². The first-order valence-corrected chi connectivity index (χ1v) is 4.95. The average molecular weight is 209 g/mol. The van der Waals surface area contributed by atoms with Gasteiger partial charge in [-0.05, 0) is 19.1 Å². The fourth-order valence-corrected chi connectivity index (χ4v) is 1.55. The number of rotatable bonds is 1. The minimum Gasteiger partial charge on any atom is -0.401 e. The van der Waals surface area contributed by atoms with Gasteiger partial charge >= 0.3 is 0 Å². The number of allylic oxidation sites excluding steroid dienone is 2. The van der Waals surface area contributed by atoms with Crippen molar-refractivity contribution >= 4 is 16.5 Å². The number of para-hydroxylation sites is 1. The lowest BCUT2D eigenvalue weighted by molar-refractivity contribution is 1.27. The molecule has 78 valence electrons. The topological polar surface area (TPSA) is 62.7 Å². The number of pyridine rings is 1. The Balaban J connectivity index is 2.65. The molecule has 2 aromatic rings. The summed E-state index contributed by atoms with van der Waals surface area (Å²) in [5.41, 5.74) is 8.06. The van der Waals surface area contributed by atoms with E-state index in [1.807, 2.05) is 36.4 Å². The van der Waals surface area contributed by atoms with Crippen molar-refractivity contribution in [3.8, 4) is 6.07 Å². The Labute approximate surface area is 93.8 Å². The fraction of sp³-hybridized carbons (Fsp3) is 0.0769. The number of fused-ring (bicyclic) bond motifs is 1. The van der Waals surface area contributed by atoms with Crippen molar-refractivity contribution in [2.45, 2.75) is 6.92 Å². The first kappa shape index (κ1) is 10.2. The Kier molecular flexibility index (Phi) is 2.57. The second-order valence-corrected chi connectivity index (χ2v) is 3.56. The lowest BCUT2D eigenvalue weighted by atomic mass is 10.1. The Hall–Kier alpha value is -2.34. The minimum absolute atomic E-state index is 0.436. The molecule has 2 rings (SSSR count). The van der Waals surface area contributed by atoms with E-state index in [2.05, 4.69) is 11.1 Å². The Morgan fingerprint density at radius 3 is 2.69 bits per heavy atom. The number of hydrogen-bond donors (Lipinski definition) is 1. The molecule has 3 nitrogen and oxygen atoms in total. The van der Waals surface area contributed by atoms with Gasteiger partial charge in [0.25, 0.3) is 0 Å². The molecule has 0 aliphatic heterocycles. The highest BCUT2D eigenvalue weighted by Crippen LogP contribution is 2.18. The molecule has 0 fully saturated rings. The van der Waals surface area contributed by atoms with Crippen molar-refractivity contribution < 1.29 is 0 Å². The van der Waals surface area contributed by atoms with Gasteiger partial charge in [0.15, 0.2) is 0 Å². The first-order valence-electron chi connectivity index (χ1n) is 4.95. The molecule has 3 heteroatoms. The van der Waals surface area contributed by atoms with Gasteiger partial charge in [-0.2, -0.15) is 5.26 Å². The molecular formula is C13H11N3. The van der Waals surface area contributed by atoms with Gasteiger partial charge in [-0.15, -0.1) is 0 Å². The maximum Gasteiger partial charge on any atom is 0.103 e. The summed E-state index contributed by atoms with van der Waals surface area (Å²) in [6, 6.07) is 13.6. The summed E-state index contributed by atoms with van der Waals surface area (Å²) in [5.74, 6) is 0. The maximum atomic E-state index is 8.99. The van der Waals surface area contributed by atoms with E-state index >= 15 is 0 Å². The average Bonchev–Trinajstić information content (AvgIpc) is 2.29. The van der Waals surface area contributed by atoms with Crippen LogP contribution in [0.2, 0.25) is 0 Å². The van der Waals surface area contributed by atoms with Crippen molar-refractivity contribution in [1.29, 1.82) is 5.26 Å². The summed E-state index contributed by atoms with van der Waals surface area (Å²) in [7, 11) is 0. The monoisotopic (exact) mass is 209 g/mol. The van der Waals surface area contributed by atoms with E-state index in [9.17, 15) is 0 Å². The molecule has 0 saturated heterocycles. The lowest BCUT2D eigenvalue weighted by Gasteiger charge is -2.02. The van der Waals surface area contributed by atoms with Gasteiger partial charge < -0.3 is 5.73 Å². The van der Waals surface area contributed by atoms with E-state index < -0.39 is 0 Å². The van der Waals surface area contributed by atoms with Gasteiger partial charge in [0.1, 0.15) is 6.07 Å². The van der Waals surface area contributed by atoms with Crippen molar-refractivity contribution in [3.63, 3.8) is 0 Å². The van der Waals surface area contributed by atoms with Crippen molar-refractivity contribution in [1.82, 2.24) is 4.98 Å². The van der Waals surface area contributed by atoms with Crippen LogP contribution in [0.25, 0.3) is 16.5 Å². The van der Waals surface area contributed by atoms with Gasteiger partial charge in [0.2, 0.25) is 0 Å². The number of nitrogens with zero attached hydrogens (tertiary/aromatic N) is 2. The van der Waals surface area contributed by atoms with Crippen LogP contribution < -0.4 is 5.73 Å². The van der Waals surface area contributed by atoms with E-state index in [0.717, 1.165) is 10.9 Å². The highest BCUT2D eigenvalue weighted by molar-refractivity contribution is 5.84. The van der Waals surface area contributed by atoms with Gasteiger partial charge in [-0.1, -0.05) is 24.3 Å². The molecule has 0 aliphatic carbocycles. The quantitative estimate of drug-likeness (QED) is 0.734. The number of nitrogens with two attached hydrogens (primary N) is 1. The zero-order chi connectivity index (χ0) is 11.5. The summed E-state index contributed by atoms with van der Waals surface area (Å²) in [4.78, 5) is 4.41. The molecule has 0 bridgehead atoms. The molecule has 1 aromatic heterocycles. The lowest BCUT2D eigenvalue weighted by Crippen LogP contribution is -1.98. The zero-order valence-corrected chi connectivity index (χ0v) is 8.94. The van der Waals surface area contributed by atoms with Crippen LogP contribution in [-0.4, -0.2) is 4.98 Å². The second kappa shape index (κ2) is 4.03. The predicted molar refractivity (Wildman–Crippen MR) is 64.1 cm³/mol. The van der Waals surface area contributed by atoms with E-state index in [0.29, 0.717) is 17.0 Å². The molecule has 0 amide bonds. The fourth-order valence-electron chi connectivity index (χ4n) is 1.55. The van der Waals surface area contributed by atoms with Crippen LogP contribution in [0.3, 0.4) is 0 Å². The van der Waals surface area contributed by atoms with E-state index in [4.69, 9.17) is 11.0 Å². The molecule has 0 unspecified atom stereocenters. The molecule has 2 N–H and O–H groups in total. The number of benzene rings is 1. The van der Waals surface area contributed by atoms with Crippen molar-refractivity contribution in [2.75, 3.05) is 0 Å². The zero-order valence-electron chi connectivity index (χ0n) is 8.94. The standard InChI is InChI=1S/C13H11N3/c1-9(15)11(8-14)13-7-6-10-4-2-3-5-12(10)16-13/h2-7H,15H2,1H3/b11-9+. The normalized spacial score (nSPS) is 12.0. The van der Waals surface area contributed by atoms with Gasteiger partial charge in [-0.25, -0.2) is 4.98 Å². The Morgan fingerprint density at radius 1 is 1.25 bits per heavy atom. The molecule has 1 aromatic carbocycles. The summed E-state index contributed by atoms with van der Waals surface area (Å²) in [6.07, 6.45) is 0. The van der Waals surface area contributed by atoms with Crippen LogP contribution in [0.4, 0.5) is 0 Å². The second-order valence-electron chi connectivity index (χ2n) is 3.56. The third-order valence-corrected chi connectivity index (χ3v) is 2.36. The van der Waals surface area contributed by atoms with Gasteiger partial charge in [-0.3, -0.25) is 0 Å². The van der Waals surface area contributed by atoms with Crippen molar-refractivity contribution in [2.24, 2.45) is 5.73 Å². The van der Waals surface area contributed by atoms with Crippen molar-refractivity contribution in [3.05, 3.63) is 47.8 Å². The third-order valence-electron chi connectivity index (χ3n) is 2.36. The summed E-state index contributed by atoms with van der Waals surface area (Å²) >= 11 is 0. The smallest absolute Gasteiger partial charge is 0.103 e. The highest BCUT2D eigenvalue weighted by Gasteiger charge is 2.05. The molecule has 0 aliphatic rings. The molecule has 0 spiro atoms. The molecule has 0 atom stereocenters. The van der Waals surface area contributed by atoms with Crippen LogP contribution in [0.15, 0.2) is 42.1 Å². The predicted octanol–water partition coefficient (Wildman–Crippen LogP) is 2.45. The highest BCUT2D eigenvalue weighted by atomic mass is 14.7. The number of hydrogen-bond acceptors (Lipinski definition) is 3. The maximum absolute atomic E-state index is 8.99. The van der Waals surface area contributed by atoms with Crippen LogP contribution in [0, 0.1) is 11.3 Å². The van der Waals surface area contributed by atoms with Crippen LogP contribution in [0.1, 0.15) is 12.6 Å². The number of aromatic nitrogens is 1.